The van der Waals surface area contributed by atoms with Crippen LogP contribution in [0, 0.1) is 11.3 Å². The third-order valence-corrected chi connectivity index (χ3v) is 2.16. The number of hydrogen-bond donors (Lipinski definition) is 1. The highest BCUT2D eigenvalue weighted by Gasteiger charge is 2.35. The van der Waals surface area contributed by atoms with E-state index in [4.69, 9.17) is 10.8 Å². The average molecular weight is 165 g/mol. The quantitative estimate of drug-likeness (QED) is 0.295. The van der Waals surface area contributed by atoms with E-state index in [1.807, 2.05) is 0 Å². The van der Waals surface area contributed by atoms with Crippen LogP contribution in [0.1, 0.15) is 19.3 Å². The Morgan fingerprint density at radius 1 is 1.67 bits per heavy atom. The van der Waals surface area contributed by atoms with Gasteiger partial charge in [0.1, 0.15) is 5.54 Å². The summed E-state index contributed by atoms with van der Waals surface area (Å²) in [7, 11) is 0. The Bertz CT molecular complexity index is 231. The molecule has 12 heavy (non-hydrogen) atoms. The third-order valence-electron chi connectivity index (χ3n) is 2.16. The van der Waals surface area contributed by atoms with E-state index in [1.54, 1.807) is 0 Å². The van der Waals surface area contributed by atoms with Crippen molar-refractivity contribution in [3.63, 3.8) is 0 Å². The first-order valence-electron chi connectivity index (χ1n) is 4.00. The summed E-state index contributed by atoms with van der Waals surface area (Å²) < 4.78 is 0. The molecule has 5 heteroatoms. The molecule has 0 aromatic rings. The van der Waals surface area contributed by atoms with Crippen molar-refractivity contribution in [1.29, 1.82) is 5.26 Å². The van der Waals surface area contributed by atoms with Crippen molar-refractivity contribution in [2.45, 2.75) is 24.8 Å². The summed E-state index contributed by atoms with van der Waals surface area (Å²) in [5.41, 5.74) is 7.68. The zero-order valence-corrected chi connectivity index (χ0v) is 6.82. The summed E-state index contributed by atoms with van der Waals surface area (Å²) >= 11 is 0. The van der Waals surface area contributed by atoms with Gasteiger partial charge in [-0.3, -0.25) is 5.32 Å². The lowest BCUT2D eigenvalue weighted by Crippen LogP contribution is -2.50. The van der Waals surface area contributed by atoms with Crippen LogP contribution in [-0.4, -0.2) is 18.6 Å². The zero-order valence-electron chi connectivity index (χ0n) is 6.82. The largest absolute Gasteiger partial charge is 0.299 e. The van der Waals surface area contributed by atoms with E-state index in [0.29, 0.717) is 13.1 Å². The Hall–Kier alpha value is -1.24. The lowest BCUT2D eigenvalue weighted by molar-refractivity contribution is 0.258. The number of hydrogen-bond acceptors (Lipinski definition) is 3. The molecule has 1 N–H and O–H groups in total. The molecule has 0 atom stereocenters. The zero-order chi connectivity index (χ0) is 8.86. The number of nitrogens with one attached hydrogen (secondary N) is 1. The van der Waals surface area contributed by atoms with Crippen molar-refractivity contribution in [2.75, 3.05) is 13.1 Å². The summed E-state index contributed by atoms with van der Waals surface area (Å²) in [4.78, 5) is 2.63. The SMILES string of the molecule is N#CC1(NCCN=[N+]=[N-])CCC1. The molecule has 0 aromatic carbocycles. The lowest BCUT2D eigenvalue weighted by Gasteiger charge is -2.35. The van der Waals surface area contributed by atoms with Crippen LogP contribution in [0.3, 0.4) is 0 Å². The van der Waals surface area contributed by atoms with E-state index in [9.17, 15) is 0 Å². The van der Waals surface area contributed by atoms with Crippen molar-refractivity contribution in [2.24, 2.45) is 5.11 Å². The minimum absolute atomic E-state index is 0.315. The number of azide groups is 1. The van der Waals surface area contributed by atoms with E-state index >= 15 is 0 Å². The maximum Gasteiger partial charge on any atom is 0.106 e. The molecule has 64 valence electrons. The van der Waals surface area contributed by atoms with Gasteiger partial charge in [-0.25, -0.2) is 0 Å². The van der Waals surface area contributed by atoms with Crippen molar-refractivity contribution in [1.82, 2.24) is 5.32 Å². The minimum Gasteiger partial charge on any atom is -0.299 e. The van der Waals surface area contributed by atoms with Gasteiger partial charge in [0.25, 0.3) is 0 Å². The third kappa shape index (κ3) is 1.88. The highest BCUT2D eigenvalue weighted by Crippen LogP contribution is 2.30. The van der Waals surface area contributed by atoms with Gasteiger partial charge in [-0.2, -0.15) is 5.26 Å². The van der Waals surface area contributed by atoms with Crippen LogP contribution >= 0.6 is 0 Å². The highest BCUT2D eigenvalue weighted by molar-refractivity contribution is 5.12. The Morgan fingerprint density at radius 3 is 2.83 bits per heavy atom. The summed E-state index contributed by atoms with van der Waals surface area (Å²) in [6.07, 6.45) is 2.95. The van der Waals surface area contributed by atoms with E-state index in [1.165, 1.54) is 0 Å². The highest BCUT2D eigenvalue weighted by atomic mass is 15.1. The molecular weight excluding hydrogens is 154 g/mol. The van der Waals surface area contributed by atoms with Crippen molar-refractivity contribution < 1.29 is 0 Å². The first kappa shape index (κ1) is 8.85. The Balaban J connectivity index is 2.21. The van der Waals surface area contributed by atoms with E-state index in [-0.39, 0.29) is 5.54 Å². The molecule has 0 aliphatic heterocycles. The van der Waals surface area contributed by atoms with Gasteiger partial charge in [-0.15, -0.1) is 0 Å². The fraction of sp³-hybridized carbons (Fsp3) is 0.857. The first-order chi connectivity index (χ1) is 5.83. The Labute approximate surface area is 71.0 Å². The van der Waals surface area contributed by atoms with Crippen LogP contribution in [0.15, 0.2) is 5.11 Å². The number of nitriles is 1. The minimum atomic E-state index is -0.315. The molecule has 1 rings (SSSR count). The van der Waals surface area contributed by atoms with Gasteiger partial charge in [0.15, 0.2) is 0 Å². The lowest BCUT2D eigenvalue weighted by atomic mass is 9.78. The molecule has 1 aliphatic rings. The Morgan fingerprint density at radius 2 is 2.42 bits per heavy atom. The number of rotatable bonds is 4. The molecular formula is C7H11N5. The monoisotopic (exact) mass is 165 g/mol. The maximum atomic E-state index is 8.78. The molecule has 1 fully saturated rings. The second-order valence-electron chi connectivity index (χ2n) is 2.93. The molecule has 0 heterocycles. The maximum absolute atomic E-state index is 8.78. The molecule has 0 unspecified atom stereocenters. The molecule has 0 saturated heterocycles. The number of nitrogens with zero attached hydrogens (tertiary/aromatic N) is 4. The smallest absolute Gasteiger partial charge is 0.106 e. The van der Waals surface area contributed by atoms with Crippen molar-refractivity contribution in [3.05, 3.63) is 10.4 Å². The molecule has 0 radical (unpaired) electrons. The van der Waals surface area contributed by atoms with Crippen LogP contribution in [0.25, 0.3) is 10.4 Å². The molecule has 0 bridgehead atoms. The summed E-state index contributed by atoms with van der Waals surface area (Å²) in [6, 6.07) is 2.25. The summed E-state index contributed by atoms with van der Waals surface area (Å²) in [5, 5.41) is 15.2. The van der Waals surface area contributed by atoms with Crippen molar-refractivity contribution >= 4 is 0 Å². The van der Waals surface area contributed by atoms with Crippen molar-refractivity contribution in [3.8, 4) is 6.07 Å². The predicted octanol–water partition coefficient (Wildman–Crippen LogP) is 1.33. The fourth-order valence-electron chi connectivity index (χ4n) is 1.25. The first-order valence-corrected chi connectivity index (χ1v) is 4.00. The molecule has 1 saturated carbocycles. The predicted molar refractivity (Wildman–Crippen MR) is 44.2 cm³/mol. The average Bonchev–Trinajstić information content (AvgIpc) is 2.02. The van der Waals surface area contributed by atoms with E-state index < -0.39 is 0 Å². The van der Waals surface area contributed by atoms with E-state index in [0.717, 1.165) is 19.3 Å². The second-order valence-corrected chi connectivity index (χ2v) is 2.93. The molecule has 0 aromatic heterocycles. The standard InChI is InChI=1S/C7H11N5/c8-6-7(2-1-3-7)10-4-5-11-12-9/h10H,1-5H2. The van der Waals surface area contributed by atoms with Crippen LogP contribution in [-0.2, 0) is 0 Å². The molecule has 1 aliphatic carbocycles. The summed E-state index contributed by atoms with van der Waals surface area (Å²) in [5.74, 6) is 0. The van der Waals surface area contributed by atoms with Gasteiger partial charge >= 0.3 is 0 Å². The molecule has 0 spiro atoms. The van der Waals surface area contributed by atoms with Gasteiger partial charge in [0.05, 0.1) is 6.07 Å². The van der Waals surface area contributed by atoms with Crippen LogP contribution in [0.2, 0.25) is 0 Å². The van der Waals surface area contributed by atoms with Gasteiger partial charge in [-0.1, -0.05) is 5.11 Å². The normalized spacial score (nSPS) is 18.6. The van der Waals surface area contributed by atoms with Gasteiger partial charge in [0, 0.05) is 18.0 Å². The molecule has 5 nitrogen and oxygen atoms in total. The second kappa shape index (κ2) is 3.96. The topological polar surface area (TPSA) is 84.6 Å². The van der Waals surface area contributed by atoms with Gasteiger partial charge in [-0.05, 0) is 24.8 Å². The van der Waals surface area contributed by atoms with Crippen LogP contribution in [0.5, 0.6) is 0 Å². The van der Waals surface area contributed by atoms with Crippen LogP contribution < -0.4 is 5.32 Å². The van der Waals surface area contributed by atoms with Gasteiger partial charge < -0.3 is 0 Å². The molecule has 0 amide bonds. The van der Waals surface area contributed by atoms with Crippen LogP contribution in [0.4, 0.5) is 0 Å². The van der Waals surface area contributed by atoms with E-state index in [2.05, 4.69) is 21.4 Å². The van der Waals surface area contributed by atoms with Gasteiger partial charge in [0.2, 0.25) is 0 Å². The summed E-state index contributed by atoms with van der Waals surface area (Å²) in [6.45, 7) is 1.01. The Kier molecular flexibility index (Phi) is 2.92. The fourth-order valence-corrected chi connectivity index (χ4v) is 1.25.